The lowest BCUT2D eigenvalue weighted by Gasteiger charge is -2.14. The monoisotopic (exact) mass is 287 g/mol. The summed E-state index contributed by atoms with van der Waals surface area (Å²) in [7, 11) is 1.60. The number of nitrogens with zero attached hydrogens (tertiary/aromatic N) is 1. The smallest absolute Gasteiger partial charge is 0.212 e. The summed E-state index contributed by atoms with van der Waals surface area (Å²) in [4.78, 5) is 4.17. The first-order valence-electron chi connectivity index (χ1n) is 6.87. The van der Waals surface area contributed by atoms with E-state index < -0.39 is 0 Å². The molecule has 5 heteroatoms. The second-order valence-electron chi connectivity index (χ2n) is 4.98. The summed E-state index contributed by atoms with van der Waals surface area (Å²) in [6.07, 6.45) is 1.88. The van der Waals surface area contributed by atoms with Gasteiger partial charge in [0, 0.05) is 30.6 Å². The van der Waals surface area contributed by atoms with Crippen molar-refractivity contribution in [2.45, 2.75) is 26.5 Å². The topological polar surface area (TPSA) is 69.4 Å². The zero-order valence-corrected chi connectivity index (χ0v) is 12.6. The van der Waals surface area contributed by atoms with E-state index in [1.807, 2.05) is 44.2 Å². The highest BCUT2D eigenvalue weighted by Crippen LogP contribution is 2.26. The molecule has 0 fully saturated rings. The largest absolute Gasteiger partial charge is 0.489 e. The number of benzene rings is 1. The Labute approximate surface area is 125 Å². The van der Waals surface area contributed by atoms with Gasteiger partial charge in [0.2, 0.25) is 5.88 Å². The predicted octanol–water partition coefficient (Wildman–Crippen LogP) is 3.07. The summed E-state index contributed by atoms with van der Waals surface area (Å²) in [5, 5.41) is 3.32. The summed E-state index contributed by atoms with van der Waals surface area (Å²) in [6, 6.07) is 9.49. The predicted molar refractivity (Wildman–Crippen MR) is 84.7 cm³/mol. The molecule has 3 N–H and O–H groups in total. The zero-order valence-electron chi connectivity index (χ0n) is 12.6. The van der Waals surface area contributed by atoms with Crippen LogP contribution < -0.4 is 20.5 Å². The zero-order chi connectivity index (χ0) is 15.2. The van der Waals surface area contributed by atoms with E-state index in [-0.39, 0.29) is 6.10 Å². The van der Waals surface area contributed by atoms with E-state index in [0.717, 1.165) is 11.3 Å². The van der Waals surface area contributed by atoms with E-state index in [2.05, 4.69) is 10.3 Å². The SMILES string of the molecule is COc1ccc(CNc2ccc(N)c(OC(C)C)c2)cn1. The summed E-state index contributed by atoms with van der Waals surface area (Å²) in [5.41, 5.74) is 8.56. The number of nitrogens with two attached hydrogens (primary N) is 1. The van der Waals surface area contributed by atoms with Gasteiger partial charge in [-0.3, -0.25) is 0 Å². The normalized spacial score (nSPS) is 10.5. The van der Waals surface area contributed by atoms with Crippen LogP contribution in [0.25, 0.3) is 0 Å². The molecular weight excluding hydrogens is 266 g/mol. The summed E-state index contributed by atoms with van der Waals surface area (Å²) in [5.74, 6) is 1.31. The van der Waals surface area contributed by atoms with Gasteiger partial charge in [0.1, 0.15) is 5.75 Å². The Kier molecular flexibility index (Phi) is 4.87. The van der Waals surface area contributed by atoms with Crippen molar-refractivity contribution in [2.24, 2.45) is 0 Å². The average molecular weight is 287 g/mol. The van der Waals surface area contributed by atoms with Gasteiger partial charge in [-0.05, 0) is 31.5 Å². The van der Waals surface area contributed by atoms with E-state index in [4.69, 9.17) is 15.2 Å². The van der Waals surface area contributed by atoms with Crippen LogP contribution in [0.3, 0.4) is 0 Å². The summed E-state index contributed by atoms with van der Waals surface area (Å²) in [6.45, 7) is 4.62. The fourth-order valence-electron chi connectivity index (χ4n) is 1.84. The maximum Gasteiger partial charge on any atom is 0.212 e. The second-order valence-corrected chi connectivity index (χ2v) is 4.98. The van der Waals surface area contributed by atoms with Crippen LogP contribution in [0.5, 0.6) is 11.6 Å². The molecule has 2 rings (SSSR count). The first kappa shape index (κ1) is 15.0. The fourth-order valence-corrected chi connectivity index (χ4v) is 1.84. The molecule has 1 aromatic carbocycles. The van der Waals surface area contributed by atoms with Crippen LogP contribution in [0.15, 0.2) is 36.5 Å². The summed E-state index contributed by atoms with van der Waals surface area (Å²) < 4.78 is 10.7. The molecule has 1 heterocycles. The van der Waals surface area contributed by atoms with Crippen LogP contribution in [-0.4, -0.2) is 18.2 Å². The third-order valence-corrected chi connectivity index (χ3v) is 2.88. The number of methoxy groups -OCH3 is 1. The van der Waals surface area contributed by atoms with Gasteiger partial charge in [0.15, 0.2) is 0 Å². The van der Waals surface area contributed by atoms with E-state index in [0.29, 0.717) is 23.9 Å². The molecule has 1 aromatic heterocycles. The van der Waals surface area contributed by atoms with Gasteiger partial charge in [-0.1, -0.05) is 6.07 Å². The molecule has 0 unspecified atom stereocenters. The van der Waals surface area contributed by atoms with E-state index in [9.17, 15) is 0 Å². The van der Waals surface area contributed by atoms with E-state index in [1.54, 1.807) is 13.3 Å². The third-order valence-electron chi connectivity index (χ3n) is 2.88. The van der Waals surface area contributed by atoms with Gasteiger partial charge in [-0.25, -0.2) is 4.98 Å². The molecule has 2 aromatic rings. The Balaban J connectivity index is 2.02. The number of pyridine rings is 1. The molecule has 21 heavy (non-hydrogen) atoms. The van der Waals surface area contributed by atoms with Crippen LogP contribution in [0.2, 0.25) is 0 Å². The number of anilines is 2. The second kappa shape index (κ2) is 6.83. The van der Waals surface area contributed by atoms with Crippen molar-refractivity contribution in [3.63, 3.8) is 0 Å². The van der Waals surface area contributed by atoms with Crippen LogP contribution in [0.4, 0.5) is 11.4 Å². The Hall–Kier alpha value is -2.43. The highest BCUT2D eigenvalue weighted by atomic mass is 16.5. The van der Waals surface area contributed by atoms with Crippen LogP contribution in [-0.2, 0) is 6.54 Å². The van der Waals surface area contributed by atoms with Gasteiger partial charge in [-0.15, -0.1) is 0 Å². The molecule has 0 bridgehead atoms. The molecule has 0 radical (unpaired) electrons. The van der Waals surface area contributed by atoms with Crippen molar-refractivity contribution >= 4 is 11.4 Å². The number of hydrogen-bond acceptors (Lipinski definition) is 5. The third kappa shape index (κ3) is 4.27. The minimum absolute atomic E-state index is 0.0911. The highest BCUT2D eigenvalue weighted by molar-refractivity contribution is 5.61. The molecule has 0 saturated heterocycles. The Morgan fingerprint density at radius 2 is 2.05 bits per heavy atom. The first-order valence-corrected chi connectivity index (χ1v) is 6.87. The van der Waals surface area contributed by atoms with Crippen LogP contribution in [0, 0.1) is 0 Å². The Morgan fingerprint density at radius 1 is 1.24 bits per heavy atom. The number of hydrogen-bond donors (Lipinski definition) is 2. The minimum Gasteiger partial charge on any atom is -0.489 e. The standard InChI is InChI=1S/C16H21N3O2/c1-11(2)21-15-8-13(5-6-14(15)17)18-9-12-4-7-16(20-3)19-10-12/h4-8,10-11,18H,9,17H2,1-3H3. The molecule has 5 nitrogen and oxygen atoms in total. The lowest BCUT2D eigenvalue weighted by molar-refractivity contribution is 0.244. The molecule has 0 spiro atoms. The summed E-state index contributed by atoms with van der Waals surface area (Å²) >= 11 is 0. The highest BCUT2D eigenvalue weighted by Gasteiger charge is 2.05. The number of nitrogens with one attached hydrogen (secondary N) is 1. The lowest BCUT2D eigenvalue weighted by atomic mass is 10.2. The van der Waals surface area contributed by atoms with Gasteiger partial charge in [0.25, 0.3) is 0 Å². The Bertz CT molecular complexity index is 583. The van der Waals surface area contributed by atoms with Gasteiger partial charge in [-0.2, -0.15) is 0 Å². The van der Waals surface area contributed by atoms with Gasteiger partial charge in [0.05, 0.1) is 18.9 Å². The average Bonchev–Trinajstić information content (AvgIpc) is 2.48. The number of aromatic nitrogens is 1. The number of rotatable bonds is 6. The van der Waals surface area contributed by atoms with Crippen LogP contribution >= 0.6 is 0 Å². The van der Waals surface area contributed by atoms with Gasteiger partial charge >= 0.3 is 0 Å². The Morgan fingerprint density at radius 3 is 2.67 bits per heavy atom. The quantitative estimate of drug-likeness (QED) is 0.799. The first-order chi connectivity index (χ1) is 10.1. The molecule has 0 saturated carbocycles. The van der Waals surface area contributed by atoms with Crippen molar-refractivity contribution in [3.8, 4) is 11.6 Å². The molecule has 0 aliphatic carbocycles. The number of ether oxygens (including phenoxy) is 2. The lowest BCUT2D eigenvalue weighted by Crippen LogP contribution is -2.08. The van der Waals surface area contributed by atoms with Gasteiger partial charge < -0.3 is 20.5 Å². The van der Waals surface area contributed by atoms with Crippen LogP contribution in [0.1, 0.15) is 19.4 Å². The van der Waals surface area contributed by atoms with E-state index >= 15 is 0 Å². The fraction of sp³-hybridized carbons (Fsp3) is 0.312. The molecule has 0 amide bonds. The van der Waals surface area contributed by atoms with Crippen molar-refractivity contribution in [3.05, 3.63) is 42.1 Å². The maximum absolute atomic E-state index is 5.90. The molecule has 0 aliphatic rings. The molecule has 0 aliphatic heterocycles. The van der Waals surface area contributed by atoms with Crippen molar-refractivity contribution in [1.29, 1.82) is 0 Å². The van der Waals surface area contributed by atoms with E-state index in [1.165, 1.54) is 0 Å². The van der Waals surface area contributed by atoms with Crippen molar-refractivity contribution < 1.29 is 9.47 Å². The number of nitrogen functional groups attached to an aromatic ring is 1. The molecule has 112 valence electrons. The molecule has 0 atom stereocenters. The molecular formula is C16H21N3O2. The van der Waals surface area contributed by atoms with Crippen molar-refractivity contribution in [1.82, 2.24) is 4.98 Å². The maximum atomic E-state index is 5.90. The minimum atomic E-state index is 0.0911. The van der Waals surface area contributed by atoms with Crippen molar-refractivity contribution in [2.75, 3.05) is 18.2 Å².